The Morgan fingerprint density at radius 2 is 1.48 bits per heavy atom. The molecule has 170 valence electrons. The number of amides is 2. The summed E-state index contributed by atoms with van der Waals surface area (Å²) in [6.07, 6.45) is -1.02. The van der Waals surface area contributed by atoms with E-state index in [2.05, 4.69) is 10.6 Å². The molecule has 0 heterocycles. The van der Waals surface area contributed by atoms with E-state index in [0.29, 0.717) is 11.4 Å². The maximum atomic E-state index is 12.7. The molecule has 6 heteroatoms. The van der Waals surface area contributed by atoms with Gasteiger partial charge in [-0.15, -0.1) is 0 Å². The Hall–Kier alpha value is -3.93. The van der Waals surface area contributed by atoms with Crippen molar-refractivity contribution in [3.05, 3.63) is 84.4 Å². The summed E-state index contributed by atoms with van der Waals surface area (Å²) in [4.78, 5) is 37.6. The highest BCUT2D eigenvalue weighted by molar-refractivity contribution is 6.00. The number of para-hydroxylation sites is 1. The topological polar surface area (TPSA) is 84.5 Å². The molecule has 0 saturated carbocycles. The van der Waals surface area contributed by atoms with Crippen molar-refractivity contribution in [2.24, 2.45) is 5.41 Å². The molecule has 0 spiro atoms. The lowest BCUT2D eigenvalue weighted by atomic mass is 9.95. The van der Waals surface area contributed by atoms with Crippen molar-refractivity contribution in [3.63, 3.8) is 0 Å². The molecule has 0 bridgehead atoms. The van der Waals surface area contributed by atoms with Gasteiger partial charge in [0.2, 0.25) is 5.91 Å². The maximum absolute atomic E-state index is 12.7. The Kier molecular flexibility index (Phi) is 7.28. The fraction of sp³-hybridized carbons (Fsp3) is 0.222. The van der Waals surface area contributed by atoms with Crippen LogP contribution in [0.1, 0.15) is 38.1 Å². The summed E-state index contributed by atoms with van der Waals surface area (Å²) in [5.74, 6) is -1.26. The third-order valence-corrected chi connectivity index (χ3v) is 4.96. The summed E-state index contributed by atoms with van der Waals surface area (Å²) in [5.41, 5.74) is 2.62. The van der Waals surface area contributed by atoms with E-state index < -0.39 is 23.4 Å². The van der Waals surface area contributed by atoms with Gasteiger partial charge in [0.25, 0.3) is 5.91 Å². The smallest absolute Gasteiger partial charge is 0.338 e. The molecular formula is C27H28N2O4. The van der Waals surface area contributed by atoms with Crippen LogP contribution in [0.25, 0.3) is 11.1 Å². The molecule has 33 heavy (non-hydrogen) atoms. The summed E-state index contributed by atoms with van der Waals surface area (Å²) in [6.45, 7) is 6.92. The third kappa shape index (κ3) is 6.29. The van der Waals surface area contributed by atoms with Crippen molar-refractivity contribution < 1.29 is 19.1 Å². The zero-order chi connectivity index (χ0) is 24.0. The average Bonchev–Trinajstić information content (AvgIpc) is 2.79. The van der Waals surface area contributed by atoms with Crippen LogP contribution in [0.2, 0.25) is 0 Å². The van der Waals surface area contributed by atoms with E-state index in [0.717, 1.165) is 11.1 Å². The average molecular weight is 445 g/mol. The number of carbonyl (C=O) groups excluding carboxylic acids is 3. The van der Waals surface area contributed by atoms with E-state index in [-0.39, 0.29) is 11.5 Å². The molecule has 0 radical (unpaired) electrons. The molecule has 0 fully saturated rings. The van der Waals surface area contributed by atoms with Crippen molar-refractivity contribution in [1.29, 1.82) is 0 Å². The van der Waals surface area contributed by atoms with Gasteiger partial charge in [0.1, 0.15) is 0 Å². The maximum Gasteiger partial charge on any atom is 0.338 e. The van der Waals surface area contributed by atoms with Gasteiger partial charge in [0, 0.05) is 22.4 Å². The van der Waals surface area contributed by atoms with Crippen molar-refractivity contribution in [2.45, 2.75) is 33.8 Å². The Bertz CT molecular complexity index is 1150. The fourth-order valence-corrected chi connectivity index (χ4v) is 3.02. The molecule has 0 aliphatic heterocycles. The summed E-state index contributed by atoms with van der Waals surface area (Å²) < 4.78 is 5.38. The number of hydrogen-bond acceptors (Lipinski definition) is 4. The molecule has 3 aromatic rings. The number of benzene rings is 3. The van der Waals surface area contributed by atoms with Crippen LogP contribution in [-0.2, 0) is 14.3 Å². The second-order valence-electron chi connectivity index (χ2n) is 8.73. The van der Waals surface area contributed by atoms with Crippen LogP contribution >= 0.6 is 0 Å². The lowest BCUT2D eigenvalue weighted by molar-refractivity contribution is -0.124. The van der Waals surface area contributed by atoms with Crippen LogP contribution in [0.5, 0.6) is 0 Å². The van der Waals surface area contributed by atoms with Gasteiger partial charge >= 0.3 is 5.97 Å². The predicted molar refractivity (Wildman–Crippen MR) is 130 cm³/mol. The number of rotatable bonds is 6. The molecule has 0 aromatic heterocycles. The number of esters is 1. The predicted octanol–water partition coefficient (Wildman–Crippen LogP) is 5.52. The van der Waals surface area contributed by atoms with Crippen molar-refractivity contribution in [1.82, 2.24) is 0 Å². The van der Waals surface area contributed by atoms with Crippen LogP contribution in [0, 0.1) is 5.41 Å². The van der Waals surface area contributed by atoms with Crippen LogP contribution in [0.4, 0.5) is 11.4 Å². The molecule has 6 nitrogen and oxygen atoms in total. The molecule has 1 unspecified atom stereocenters. The minimum Gasteiger partial charge on any atom is -0.449 e. The van der Waals surface area contributed by atoms with E-state index in [9.17, 15) is 14.4 Å². The largest absolute Gasteiger partial charge is 0.449 e. The lowest BCUT2D eigenvalue weighted by Gasteiger charge is -2.18. The first kappa shape index (κ1) is 23.7. The minimum atomic E-state index is -1.02. The van der Waals surface area contributed by atoms with Crippen LogP contribution in [0.15, 0.2) is 78.9 Å². The highest BCUT2D eigenvalue weighted by Gasteiger charge is 2.23. The van der Waals surface area contributed by atoms with Gasteiger partial charge < -0.3 is 15.4 Å². The first-order chi connectivity index (χ1) is 15.6. The molecule has 2 N–H and O–H groups in total. The molecule has 3 rings (SSSR count). The van der Waals surface area contributed by atoms with Gasteiger partial charge in [0.05, 0.1) is 5.56 Å². The monoisotopic (exact) mass is 444 g/mol. The standard InChI is InChI=1S/C27H28N2O4/c1-18(24(30)29-23-16-9-8-15-22(23)19-11-6-5-7-12-19)33-25(31)20-13-10-14-21(17-20)28-26(32)27(2,3)4/h5-18H,1-4H3,(H,28,32)(H,29,30). The molecule has 0 aliphatic carbocycles. The summed E-state index contributed by atoms with van der Waals surface area (Å²) in [5, 5.41) is 5.63. The van der Waals surface area contributed by atoms with E-state index in [1.807, 2.05) is 48.5 Å². The number of carbonyl (C=O) groups is 3. The Balaban J connectivity index is 1.67. The zero-order valence-electron chi connectivity index (χ0n) is 19.2. The summed E-state index contributed by atoms with van der Waals surface area (Å²) >= 11 is 0. The van der Waals surface area contributed by atoms with Crippen LogP contribution in [0.3, 0.4) is 0 Å². The first-order valence-electron chi connectivity index (χ1n) is 10.7. The van der Waals surface area contributed by atoms with E-state index >= 15 is 0 Å². The first-order valence-corrected chi connectivity index (χ1v) is 10.7. The summed E-state index contributed by atoms with van der Waals surface area (Å²) in [7, 11) is 0. The molecule has 1 atom stereocenters. The number of ether oxygens (including phenoxy) is 1. The molecule has 0 aliphatic rings. The lowest BCUT2D eigenvalue weighted by Crippen LogP contribution is -2.30. The van der Waals surface area contributed by atoms with Gasteiger partial charge in [0.15, 0.2) is 6.10 Å². The van der Waals surface area contributed by atoms with Crippen molar-refractivity contribution in [3.8, 4) is 11.1 Å². The second kappa shape index (κ2) is 10.1. The molecule has 2 amide bonds. The zero-order valence-corrected chi connectivity index (χ0v) is 19.2. The Morgan fingerprint density at radius 3 is 2.18 bits per heavy atom. The SMILES string of the molecule is CC(OC(=O)c1cccc(NC(=O)C(C)(C)C)c1)C(=O)Nc1ccccc1-c1ccccc1. The number of anilines is 2. The molecule has 3 aromatic carbocycles. The van der Waals surface area contributed by atoms with Gasteiger partial charge in [-0.2, -0.15) is 0 Å². The highest BCUT2D eigenvalue weighted by atomic mass is 16.5. The van der Waals surface area contributed by atoms with Gasteiger partial charge in [-0.3, -0.25) is 9.59 Å². The van der Waals surface area contributed by atoms with Gasteiger partial charge in [-0.25, -0.2) is 4.79 Å². The van der Waals surface area contributed by atoms with E-state index in [4.69, 9.17) is 4.74 Å². The molecule has 0 saturated heterocycles. The van der Waals surface area contributed by atoms with Crippen LogP contribution < -0.4 is 10.6 Å². The minimum absolute atomic E-state index is 0.169. The van der Waals surface area contributed by atoms with Crippen molar-refractivity contribution in [2.75, 3.05) is 10.6 Å². The number of nitrogens with one attached hydrogen (secondary N) is 2. The number of hydrogen-bond donors (Lipinski definition) is 2. The van der Waals surface area contributed by atoms with Gasteiger partial charge in [-0.1, -0.05) is 75.4 Å². The van der Waals surface area contributed by atoms with E-state index in [1.54, 1.807) is 45.0 Å². The van der Waals surface area contributed by atoms with Gasteiger partial charge in [-0.05, 0) is 36.8 Å². The normalized spacial score (nSPS) is 11.9. The summed E-state index contributed by atoms with van der Waals surface area (Å²) in [6, 6.07) is 23.6. The Labute approximate surface area is 194 Å². The quantitative estimate of drug-likeness (QED) is 0.490. The highest BCUT2D eigenvalue weighted by Crippen LogP contribution is 2.27. The van der Waals surface area contributed by atoms with Crippen LogP contribution in [-0.4, -0.2) is 23.9 Å². The Morgan fingerprint density at radius 1 is 0.818 bits per heavy atom. The van der Waals surface area contributed by atoms with Crippen molar-refractivity contribution >= 4 is 29.2 Å². The third-order valence-electron chi connectivity index (χ3n) is 4.96. The fourth-order valence-electron chi connectivity index (χ4n) is 3.02. The molecular weight excluding hydrogens is 416 g/mol. The second-order valence-corrected chi connectivity index (χ2v) is 8.73. The van der Waals surface area contributed by atoms with E-state index in [1.165, 1.54) is 13.0 Å².